The molecule has 1 fully saturated rings. The Balaban J connectivity index is 1.13. The minimum atomic E-state index is -0.580. The van der Waals surface area contributed by atoms with Crippen molar-refractivity contribution in [3.8, 4) is 11.1 Å². The highest BCUT2D eigenvalue weighted by Gasteiger charge is 2.30. The number of pyridine rings is 2. The number of aryl methyl sites for hydroxylation is 1. The Kier molecular flexibility index (Phi) is 6.66. The number of carbonyl (C=O) groups excluding carboxylic acids is 1. The van der Waals surface area contributed by atoms with Gasteiger partial charge in [-0.3, -0.25) is 14.7 Å². The van der Waals surface area contributed by atoms with Crippen LogP contribution >= 0.6 is 0 Å². The van der Waals surface area contributed by atoms with Crippen LogP contribution in [0.5, 0.6) is 0 Å². The molecule has 0 saturated carbocycles. The Hall–Kier alpha value is -3.49. The molecule has 8 nitrogen and oxygen atoms in total. The lowest BCUT2D eigenvalue weighted by molar-refractivity contribution is 0.0812. The quantitative estimate of drug-likeness (QED) is 0.569. The molecule has 0 aliphatic carbocycles. The second-order valence-electron chi connectivity index (χ2n) is 9.46. The third kappa shape index (κ3) is 5.28. The van der Waals surface area contributed by atoms with Gasteiger partial charge >= 0.3 is 6.03 Å². The van der Waals surface area contributed by atoms with Crippen molar-refractivity contribution in [1.82, 2.24) is 24.3 Å². The Morgan fingerprint density at radius 1 is 0.914 bits per heavy atom. The van der Waals surface area contributed by atoms with Crippen LogP contribution in [0.3, 0.4) is 0 Å². The van der Waals surface area contributed by atoms with Gasteiger partial charge < -0.3 is 19.5 Å². The predicted molar refractivity (Wildman–Crippen MR) is 134 cm³/mol. The minimum absolute atomic E-state index is 0.0539. The summed E-state index contributed by atoms with van der Waals surface area (Å²) in [5, 5.41) is 10.7. The fourth-order valence-electron chi connectivity index (χ4n) is 4.92. The number of aromatic nitrogens is 2. The molecule has 0 radical (unpaired) electrons. The van der Waals surface area contributed by atoms with Crippen molar-refractivity contribution in [3.05, 3.63) is 88.1 Å². The van der Waals surface area contributed by atoms with E-state index in [4.69, 9.17) is 0 Å². The summed E-state index contributed by atoms with van der Waals surface area (Å²) in [7, 11) is 1.72. The van der Waals surface area contributed by atoms with Gasteiger partial charge in [0.15, 0.2) is 0 Å². The van der Waals surface area contributed by atoms with Gasteiger partial charge in [-0.15, -0.1) is 0 Å². The van der Waals surface area contributed by atoms with Crippen molar-refractivity contribution < 1.29 is 9.90 Å². The van der Waals surface area contributed by atoms with Crippen molar-refractivity contribution in [2.45, 2.75) is 25.6 Å². The van der Waals surface area contributed by atoms with E-state index in [1.54, 1.807) is 45.9 Å². The van der Waals surface area contributed by atoms with Gasteiger partial charge in [0.25, 0.3) is 0 Å². The molecule has 2 aromatic heterocycles. The summed E-state index contributed by atoms with van der Waals surface area (Å²) in [6.07, 6.45) is 3.97. The Bertz CT molecular complexity index is 1260. The first kappa shape index (κ1) is 23.3. The molecular formula is C27H31N5O3. The smallest absolute Gasteiger partial charge is 0.320 e. The van der Waals surface area contributed by atoms with E-state index in [2.05, 4.69) is 34.1 Å². The molecule has 0 bridgehead atoms. The van der Waals surface area contributed by atoms with Gasteiger partial charge in [0.2, 0.25) is 5.56 Å². The van der Waals surface area contributed by atoms with Gasteiger partial charge in [0.1, 0.15) is 0 Å². The average Bonchev–Trinajstić information content (AvgIpc) is 3.20. The van der Waals surface area contributed by atoms with Crippen LogP contribution in [-0.2, 0) is 26.6 Å². The van der Waals surface area contributed by atoms with Crippen LogP contribution in [0.1, 0.15) is 16.8 Å². The van der Waals surface area contributed by atoms with Gasteiger partial charge in [-0.25, -0.2) is 4.79 Å². The van der Waals surface area contributed by atoms with Crippen molar-refractivity contribution in [2.75, 3.05) is 32.7 Å². The number of nitrogens with zero attached hydrogens (tertiary/aromatic N) is 5. The summed E-state index contributed by atoms with van der Waals surface area (Å²) in [6, 6.07) is 15.6. The third-order valence-electron chi connectivity index (χ3n) is 6.89. The number of carbonyl (C=O) groups is 1. The number of amides is 2. The van der Waals surface area contributed by atoms with E-state index in [-0.39, 0.29) is 11.6 Å². The lowest BCUT2D eigenvalue weighted by atomic mass is 10.00. The molecule has 35 heavy (non-hydrogen) atoms. The van der Waals surface area contributed by atoms with Crippen molar-refractivity contribution in [1.29, 1.82) is 0 Å². The average molecular weight is 474 g/mol. The fourth-order valence-corrected chi connectivity index (χ4v) is 4.92. The van der Waals surface area contributed by atoms with E-state index in [1.165, 1.54) is 11.1 Å². The number of benzene rings is 1. The first-order chi connectivity index (χ1) is 17.0. The second kappa shape index (κ2) is 10.0. The van der Waals surface area contributed by atoms with Gasteiger partial charge in [-0.1, -0.05) is 30.3 Å². The summed E-state index contributed by atoms with van der Waals surface area (Å²) in [4.78, 5) is 34.8. The molecule has 2 amide bonds. The normalized spacial score (nSPS) is 17.0. The molecule has 1 aromatic carbocycles. The monoisotopic (exact) mass is 473 g/mol. The SMILES string of the molecule is Cn1cc(-c2ccc(CN3CCN(C[C@H](O)CN4CCc5ccccc5C4)C3=O)nc2)ccc1=O. The van der Waals surface area contributed by atoms with E-state index in [0.29, 0.717) is 32.7 Å². The van der Waals surface area contributed by atoms with Crippen LogP contribution in [0.4, 0.5) is 4.79 Å². The van der Waals surface area contributed by atoms with E-state index in [9.17, 15) is 14.7 Å². The van der Waals surface area contributed by atoms with Crippen LogP contribution in [0, 0.1) is 0 Å². The number of hydrogen-bond donors (Lipinski definition) is 1. The van der Waals surface area contributed by atoms with Crippen LogP contribution < -0.4 is 5.56 Å². The second-order valence-corrected chi connectivity index (χ2v) is 9.46. The molecule has 1 atom stereocenters. The maximum Gasteiger partial charge on any atom is 0.320 e. The van der Waals surface area contributed by atoms with Gasteiger partial charge in [0.05, 0.1) is 18.3 Å². The molecule has 5 rings (SSSR count). The maximum atomic E-state index is 12.9. The van der Waals surface area contributed by atoms with Crippen LogP contribution in [-0.4, -0.2) is 74.2 Å². The molecule has 2 aliphatic rings. The summed E-state index contributed by atoms with van der Waals surface area (Å²) >= 11 is 0. The number of rotatable bonds is 7. The van der Waals surface area contributed by atoms with Crippen LogP contribution in [0.25, 0.3) is 11.1 Å². The van der Waals surface area contributed by atoms with E-state index < -0.39 is 6.10 Å². The maximum absolute atomic E-state index is 12.9. The zero-order valence-corrected chi connectivity index (χ0v) is 20.0. The summed E-state index contributed by atoms with van der Waals surface area (Å²) in [5.74, 6) is 0. The number of β-amino-alcohol motifs (C(OH)–C–C–N with tert-alkyl or cyclic N) is 1. The largest absolute Gasteiger partial charge is 0.390 e. The standard InChI is InChI=1S/C27H31N5O3/c1-29-15-23(7-9-26(29)34)21-6-8-24(28-14-21)17-31-12-13-32(27(31)35)19-25(33)18-30-11-10-20-4-2-3-5-22(20)16-30/h2-9,14-15,25,33H,10-13,16-19H2,1H3/t25-/m1/s1. The zero-order valence-electron chi connectivity index (χ0n) is 20.0. The minimum Gasteiger partial charge on any atom is -0.390 e. The molecule has 3 aromatic rings. The molecule has 1 N–H and O–H groups in total. The van der Waals surface area contributed by atoms with Crippen molar-refractivity contribution in [2.24, 2.45) is 7.05 Å². The molecule has 2 aliphatic heterocycles. The number of fused-ring (bicyclic) bond motifs is 1. The molecule has 8 heteroatoms. The first-order valence-electron chi connectivity index (χ1n) is 12.1. The van der Waals surface area contributed by atoms with E-state index in [1.807, 2.05) is 12.1 Å². The number of hydrogen-bond acceptors (Lipinski definition) is 5. The number of urea groups is 1. The molecule has 182 valence electrons. The molecule has 4 heterocycles. The first-order valence-corrected chi connectivity index (χ1v) is 12.1. The van der Waals surface area contributed by atoms with Crippen LogP contribution in [0.15, 0.2) is 65.7 Å². The topological polar surface area (TPSA) is 81.9 Å². The van der Waals surface area contributed by atoms with Crippen molar-refractivity contribution >= 4 is 6.03 Å². The van der Waals surface area contributed by atoms with E-state index >= 15 is 0 Å². The van der Waals surface area contributed by atoms with E-state index in [0.717, 1.165) is 36.3 Å². The Morgan fingerprint density at radius 2 is 1.69 bits per heavy atom. The van der Waals surface area contributed by atoms with Crippen molar-refractivity contribution in [3.63, 3.8) is 0 Å². The molecule has 0 unspecified atom stereocenters. The molecule has 0 spiro atoms. The third-order valence-corrected chi connectivity index (χ3v) is 6.89. The molecule has 1 saturated heterocycles. The summed E-state index contributed by atoms with van der Waals surface area (Å²) in [6.45, 7) is 4.33. The highest BCUT2D eigenvalue weighted by atomic mass is 16.3. The van der Waals surface area contributed by atoms with Gasteiger partial charge in [0, 0.05) is 70.3 Å². The zero-order chi connectivity index (χ0) is 24.4. The van der Waals surface area contributed by atoms with Gasteiger partial charge in [-0.05, 0) is 35.2 Å². The summed E-state index contributed by atoms with van der Waals surface area (Å²) in [5.41, 5.74) is 5.30. The fraction of sp³-hybridized carbons (Fsp3) is 0.370. The Labute approximate surface area is 205 Å². The highest BCUT2D eigenvalue weighted by Crippen LogP contribution is 2.20. The molecular weight excluding hydrogens is 442 g/mol. The number of aliphatic hydroxyl groups excluding tert-OH is 1. The van der Waals surface area contributed by atoms with Gasteiger partial charge in [-0.2, -0.15) is 0 Å². The Morgan fingerprint density at radius 3 is 2.46 bits per heavy atom. The summed E-state index contributed by atoms with van der Waals surface area (Å²) < 4.78 is 1.54. The lowest BCUT2D eigenvalue weighted by Gasteiger charge is -2.31. The predicted octanol–water partition coefficient (Wildman–Crippen LogP) is 2.10. The number of aliphatic hydroxyl groups is 1. The van der Waals surface area contributed by atoms with Crippen LogP contribution in [0.2, 0.25) is 0 Å². The highest BCUT2D eigenvalue weighted by molar-refractivity contribution is 5.76. The lowest BCUT2D eigenvalue weighted by Crippen LogP contribution is -2.43.